The van der Waals surface area contributed by atoms with Crippen molar-refractivity contribution in [2.24, 2.45) is 0 Å². The highest BCUT2D eigenvalue weighted by Crippen LogP contribution is 2.29. The van der Waals surface area contributed by atoms with Crippen molar-refractivity contribution in [2.75, 3.05) is 18.5 Å². The van der Waals surface area contributed by atoms with Crippen LogP contribution in [0, 0.1) is 0 Å². The van der Waals surface area contributed by atoms with Crippen LogP contribution in [0.25, 0.3) is 11.0 Å². The van der Waals surface area contributed by atoms with Crippen LogP contribution in [0.4, 0.5) is 5.69 Å². The average Bonchev–Trinajstić information content (AvgIpc) is 3.39. The van der Waals surface area contributed by atoms with Gasteiger partial charge in [-0.3, -0.25) is 9.89 Å². The van der Waals surface area contributed by atoms with E-state index in [2.05, 4.69) is 30.8 Å². The summed E-state index contributed by atoms with van der Waals surface area (Å²) in [5.74, 6) is 0.651. The number of hydrogen-bond acceptors (Lipinski definition) is 5. The minimum atomic E-state index is -0.204. The molecule has 3 aromatic rings. The normalized spacial score (nSPS) is 19.6. The fraction of sp³-hybridized carbons (Fsp3) is 0.389. The molecule has 8 heteroatoms. The molecule has 134 valence electrons. The molecule has 1 amide bonds. The lowest BCUT2D eigenvalue weighted by molar-refractivity contribution is 0.102. The van der Waals surface area contributed by atoms with Crippen molar-refractivity contribution in [3.05, 3.63) is 41.0 Å². The predicted molar refractivity (Wildman–Crippen MR) is 96.0 cm³/mol. The van der Waals surface area contributed by atoms with E-state index in [1.807, 2.05) is 18.2 Å². The van der Waals surface area contributed by atoms with Crippen LogP contribution in [-0.4, -0.2) is 39.2 Å². The van der Waals surface area contributed by atoms with E-state index >= 15 is 0 Å². The quantitative estimate of drug-likeness (QED) is 0.577. The molecule has 1 aromatic carbocycles. The summed E-state index contributed by atoms with van der Waals surface area (Å²) in [6, 6.07) is 5.66. The molecule has 2 aliphatic heterocycles. The molecule has 1 atom stereocenters. The second kappa shape index (κ2) is 6.22. The number of rotatable bonds is 3. The number of hydrogen-bond donors (Lipinski definition) is 4. The predicted octanol–water partition coefficient (Wildman–Crippen LogP) is 2.04. The number of carbonyl (C=O) groups is 1. The number of amides is 1. The molecule has 0 spiro atoms. The first-order valence-electron chi connectivity index (χ1n) is 8.97. The van der Waals surface area contributed by atoms with Crippen LogP contribution in [0.2, 0.25) is 0 Å². The van der Waals surface area contributed by atoms with Crippen LogP contribution in [0.5, 0.6) is 0 Å². The standard InChI is InChI=1S/C18H20N6O2/c25-18(16-11-9-19-6-5-12(11)23-24-16)20-10-3-4-13-14(8-10)22-17(21-13)15-2-1-7-26-15/h3-4,8,15,19H,1-2,5-7,9H2,(H,20,25)(H,21,22)(H,23,24). The first kappa shape index (κ1) is 15.5. The van der Waals surface area contributed by atoms with Crippen molar-refractivity contribution < 1.29 is 9.53 Å². The molecule has 2 aromatic heterocycles. The zero-order chi connectivity index (χ0) is 17.5. The molecule has 8 nitrogen and oxygen atoms in total. The number of anilines is 1. The van der Waals surface area contributed by atoms with E-state index in [0.717, 1.165) is 60.5 Å². The van der Waals surface area contributed by atoms with Gasteiger partial charge in [0.05, 0.1) is 11.0 Å². The van der Waals surface area contributed by atoms with Gasteiger partial charge in [0.1, 0.15) is 11.9 Å². The van der Waals surface area contributed by atoms with Crippen molar-refractivity contribution >= 4 is 22.6 Å². The Kier molecular flexibility index (Phi) is 3.72. The molecule has 0 aliphatic carbocycles. The second-order valence-electron chi connectivity index (χ2n) is 6.77. The molecule has 0 radical (unpaired) electrons. The molecule has 4 heterocycles. The zero-order valence-electron chi connectivity index (χ0n) is 14.3. The highest BCUT2D eigenvalue weighted by molar-refractivity contribution is 6.04. The Morgan fingerprint density at radius 3 is 3.19 bits per heavy atom. The van der Waals surface area contributed by atoms with Crippen LogP contribution in [0.15, 0.2) is 18.2 Å². The highest BCUT2D eigenvalue weighted by atomic mass is 16.5. The lowest BCUT2D eigenvalue weighted by Crippen LogP contribution is -2.25. The second-order valence-corrected chi connectivity index (χ2v) is 6.77. The Hall–Kier alpha value is -2.71. The first-order valence-corrected chi connectivity index (χ1v) is 8.97. The van der Waals surface area contributed by atoms with E-state index in [1.165, 1.54) is 0 Å². The molecule has 0 saturated carbocycles. The van der Waals surface area contributed by atoms with Gasteiger partial charge in [0.2, 0.25) is 0 Å². The maximum Gasteiger partial charge on any atom is 0.276 e. The van der Waals surface area contributed by atoms with Crippen molar-refractivity contribution in [1.82, 2.24) is 25.5 Å². The van der Waals surface area contributed by atoms with Gasteiger partial charge in [-0.2, -0.15) is 5.10 Å². The van der Waals surface area contributed by atoms with Crippen LogP contribution in [0.3, 0.4) is 0 Å². The number of benzene rings is 1. The van der Waals surface area contributed by atoms with Crippen LogP contribution in [0.1, 0.15) is 46.5 Å². The van der Waals surface area contributed by atoms with Crippen LogP contribution < -0.4 is 10.6 Å². The van der Waals surface area contributed by atoms with E-state index in [9.17, 15) is 4.79 Å². The van der Waals surface area contributed by atoms with Crippen molar-refractivity contribution in [1.29, 1.82) is 0 Å². The largest absolute Gasteiger partial charge is 0.370 e. The summed E-state index contributed by atoms with van der Waals surface area (Å²) in [5.41, 5.74) is 4.92. The molecule has 4 N–H and O–H groups in total. The number of fused-ring (bicyclic) bond motifs is 2. The molecular weight excluding hydrogens is 332 g/mol. The number of carbonyl (C=O) groups excluding carboxylic acids is 1. The fourth-order valence-electron chi connectivity index (χ4n) is 3.66. The smallest absolute Gasteiger partial charge is 0.276 e. The van der Waals surface area contributed by atoms with E-state index in [1.54, 1.807) is 0 Å². The van der Waals surface area contributed by atoms with Gasteiger partial charge in [-0.1, -0.05) is 0 Å². The monoisotopic (exact) mass is 352 g/mol. The van der Waals surface area contributed by atoms with Crippen molar-refractivity contribution in [3.8, 4) is 0 Å². The van der Waals surface area contributed by atoms with Gasteiger partial charge in [-0.25, -0.2) is 4.98 Å². The molecule has 1 saturated heterocycles. The Morgan fingerprint density at radius 1 is 1.35 bits per heavy atom. The summed E-state index contributed by atoms with van der Waals surface area (Å²) >= 11 is 0. The SMILES string of the molecule is O=C(Nc1ccc2nc(C3CCCO3)[nH]c2c1)c1n[nH]c2c1CNCC2. The lowest BCUT2D eigenvalue weighted by atomic mass is 10.1. The maximum atomic E-state index is 12.6. The van der Waals surface area contributed by atoms with Crippen molar-refractivity contribution in [3.63, 3.8) is 0 Å². The van der Waals surface area contributed by atoms with Gasteiger partial charge >= 0.3 is 0 Å². The van der Waals surface area contributed by atoms with E-state index in [4.69, 9.17) is 4.74 Å². The third-order valence-electron chi connectivity index (χ3n) is 5.01. The van der Waals surface area contributed by atoms with Gasteiger partial charge in [0, 0.05) is 43.1 Å². The number of ether oxygens (including phenoxy) is 1. The number of nitrogens with zero attached hydrogens (tertiary/aromatic N) is 2. The summed E-state index contributed by atoms with van der Waals surface area (Å²) in [7, 11) is 0. The average molecular weight is 352 g/mol. The molecule has 2 aliphatic rings. The first-order chi connectivity index (χ1) is 12.8. The van der Waals surface area contributed by atoms with Crippen molar-refractivity contribution in [2.45, 2.75) is 31.9 Å². The van der Waals surface area contributed by atoms with Gasteiger partial charge in [-0.15, -0.1) is 0 Å². The number of H-pyrrole nitrogens is 2. The maximum absolute atomic E-state index is 12.6. The Bertz CT molecular complexity index is 969. The van der Waals surface area contributed by atoms with E-state index < -0.39 is 0 Å². The van der Waals surface area contributed by atoms with Gasteiger partial charge in [-0.05, 0) is 31.0 Å². The number of aromatic nitrogens is 4. The Labute approximate surface area is 149 Å². The molecule has 1 unspecified atom stereocenters. The highest BCUT2D eigenvalue weighted by Gasteiger charge is 2.23. The van der Waals surface area contributed by atoms with E-state index in [0.29, 0.717) is 17.9 Å². The minimum absolute atomic E-state index is 0.0449. The fourth-order valence-corrected chi connectivity index (χ4v) is 3.66. The third kappa shape index (κ3) is 2.67. The summed E-state index contributed by atoms with van der Waals surface area (Å²) in [5, 5.41) is 13.4. The summed E-state index contributed by atoms with van der Waals surface area (Å²) < 4.78 is 5.68. The molecule has 1 fully saturated rings. The summed E-state index contributed by atoms with van der Waals surface area (Å²) in [4.78, 5) is 20.6. The van der Waals surface area contributed by atoms with Crippen LogP contribution >= 0.6 is 0 Å². The number of aromatic amines is 2. The molecule has 5 rings (SSSR count). The number of nitrogens with one attached hydrogen (secondary N) is 4. The topological polar surface area (TPSA) is 108 Å². The number of imidazole rings is 1. The van der Waals surface area contributed by atoms with Crippen LogP contribution in [-0.2, 0) is 17.7 Å². The Morgan fingerprint density at radius 2 is 2.31 bits per heavy atom. The zero-order valence-corrected chi connectivity index (χ0v) is 14.3. The van der Waals surface area contributed by atoms with Gasteiger partial charge < -0.3 is 20.4 Å². The molecular formula is C18H20N6O2. The lowest BCUT2D eigenvalue weighted by Gasteiger charge is -2.12. The summed E-state index contributed by atoms with van der Waals surface area (Å²) in [6.45, 7) is 2.35. The van der Waals surface area contributed by atoms with Gasteiger partial charge in [0.15, 0.2) is 5.69 Å². The van der Waals surface area contributed by atoms with Gasteiger partial charge in [0.25, 0.3) is 5.91 Å². The Balaban J connectivity index is 1.38. The third-order valence-corrected chi connectivity index (χ3v) is 5.01. The molecule has 26 heavy (non-hydrogen) atoms. The minimum Gasteiger partial charge on any atom is -0.370 e. The summed E-state index contributed by atoms with van der Waals surface area (Å²) in [6.07, 6.45) is 2.96. The molecule has 0 bridgehead atoms. The van der Waals surface area contributed by atoms with E-state index in [-0.39, 0.29) is 12.0 Å².